The van der Waals surface area contributed by atoms with Gasteiger partial charge in [-0.1, -0.05) is 0 Å². The van der Waals surface area contributed by atoms with Crippen LogP contribution in [0, 0.1) is 11.3 Å². The molecule has 3 aromatic rings. The number of ether oxygens (including phenoxy) is 1. The molecule has 3 aromatic heterocycles. The second-order valence-corrected chi connectivity index (χ2v) is 5.49. The number of hydrogen-bond donors (Lipinski definition) is 2. The van der Waals surface area contributed by atoms with Gasteiger partial charge in [0.15, 0.2) is 0 Å². The van der Waals surface area contributed by atoms with Crippen LogP contribution >= 0.6 is 0 Å². The van der Waals surface area contributed by atoms with E-state index in [2.05, 4.69) is 26.3 Å². The number of hydrogen-bond acceptors (Lipinski definition) is 5. The number of aromatic amines is 1. The highest BCUT2D eigenvalue weighted by Gasteiger charge is 2.17. The van der Waals surface area contributed by atoms with E-state index < -0.39 is 0 Å². The zero-order valence-corrected chi connectivity index (χ0v) is 12.0. The molecule has 0 bridgehead atoms. The van der Waals surface area contributed by atoms with Crippen molar-refractivity contribution in [1.29, 1.82) is 5.26 Å². The summed E-state index contributed by atoms with van der Waals surface area (Å²) in [5.74, 6) is 0.792. The molecule has 1 aliphatic rings. The van der Waals surface area contributed by atoms with E-state index in [0.29, 0.717) is 18.3 Å². The molecule has 0 aliphatic carbocycles. The van der Waals surface area contributed by atoms with Crippen LogP contribution in [0.15, 0.2) is 24.5 Å². The summed E-state index contributed by atoms with van der Waals surface area (Å²) in [4.78, 5) is 11.7. The third-order valence-electron chi connectivity index (χ3n) is 4.06. The van der Waals surface area contributed by atoms with Gasteiger partial charge in [0.1, 0.15) is 29.8 Å². The molecule has 0 saturated carbocycles. The van der Waals surface area contributed by atoms with E-state index in [9.17, 15) is 0 Å². The first kappa shape index (κ1) is 13.0. The Labute approximate surface area is 127 Å². The average Bonchev–Trinajstić information content (AvgIpc) is 3.19. The number of nitrogens with zero attached hydrogens (tertiary/aromatic N) is 3. The molecule has 1 atom stereocenters. The van der Waals surface area contributed by atoms with E-state index in [1.165, 1.54) is 6.42 Å². The predicted molar refractivity (Wildman–Crippen MR) is 82.6 cm³/mol. The fourth-order valence-electron chi connectivity index (χ4n) is 2.96. The highest BCUT2D eigenvalue weighted by atomic mass is 16.5. The number of nitrogens with one attached hydrogen (secondary N) is 2. The number of nitriles is 1. The summed E-state index contributed by atoms with van der Waals surface area (Å²) in [6.45, 7) is 1.70. The maximum absolute atomic E-state index is 9.05. The van der Waals surface area contributed by atoms with Crippen LogP contribution in [0.2, 0.25) is 0 Å². The minimum Gasteiger partial charge on any atom is -0.491 e. The van der Waals surface area contributed by atoms with Gasteiger partial charge in [-0.05, 0) is 31.5 Å². The molecule has 0 unspecified atom stereocenters. The summed E-state index contributed by atoms with van der Waals surface area (Å²) in [6, 6.07) is 6.13. The number of rotatable bonds is 3. The maximum atomic E-state index is 9.05. The molecule has 0 radical (unpaired) electrons. The molecule has 1 saturated heterocycles. The quantitative estimate of drug-likeness (QED) is 0.772. The van der Waals surface area contributed by atoms with Crippen LogP contribution in [-0.2, 0) is 0 Å². The van der Waals surface area contributed by atoms with Gasteiger partial charge >= 0.3 is 0 Å². The van der Waals surface area contributed by atoms with Crippen molar-refractivity contribution in [2.45, 2.75) is 18.9 Å². The van der Waals surface area contributed by atoms with Crippen molar-refractivity contribution < 1.29 is 4.74 Å². The SMILES string of the molecule is N#Cc1cc2c(cn1)[nH]c1nccc(OC[C@@H]3CCCN3)c12. The second kappa shape index (κ2) is 5.28. The normalized spacial score (nSPS) is 17.9. The molecule has 1 fully saturated rings. The van der Waals surface area contributed by atoms with Crippen LogP contribution in [0.5, 0.6) is 5.75 Å². The fraction of sp³-hybridized carbons (Fsp3) is 0.312. The number of fused-ring (bicyclic) bond motifs is 3. The monoisotopic (exact) mass is 293 g/mol. The first-order valence-corrected chi connectivity index (χ1v) is 7.38. The van der Waals surface area contributed by atoms with Crippen LogP contribution < -0.4 is 10.1 Å². The van der Waals surface area contributed by atoms with Crippen molar-refractivity contribution in [1.82, 2.24) is 20.3 Å². The van der Waals surface area contributed by atoms with Gasteiger partial charge in [0.05, 0.1) is 17.1 Å². The van der Waals surface area contributed by atoms with E-state index in [1.807, 2.05) is 6.07 Å². The number of H-pyrrole nitrogens is 1. The molecular formula is C16H15N5O. The Morgan fingerprint density at radius 1 is 1.41 bits per heavy atom. The van der Waals surface area contributed by atoms with Crippen molar-refractivity contribution in [2.24, 2.45) is 0 Å². The Morgan fingerprint density at radius 2 is 2.36 bits per heavy atom. The van der Waals surface area contributed by atoms with E-state index in [0.717, 1.165) is 40.7 Å². The Hall–Kier alpha value is -2.65. The van der Waals surface area contributed by atoms with E-state index in [1.54, 1.807) is 18.5 Å². The Balaban J connectivity index is 1.78. The van der Waals surface area contributed by atoms with E-state index in [4.69, 9.17) is 10.00 Å². The maximum Gasteiger partial charge on any atom is 0.142 e. The second-order valence-electron chi connectivity index (χ2n) is 5.49. The highest BCUT2D eigenvalue weighted by Crippen LogP contribution is 2.32. The smallest absolute Gasteiger partial charge is 0.142 e. The lowest BCUT2D eigenvalue weighted by Gasteiger charge is -2.12. The predicted octanol–water partition coefficient (Wildman–Crippen LogP) is 2.11. The third kappa shape index (κ3) is 2.16. The molecule has 22 heavy (non-hydrogen) atoms. The molecule has 1 aliphatic heterocycles. The highest BCUT2D eigenvalue weighted by molar-refractivity contribution is 6.09. The van der Waals surface area contributed by atoms with Crippen LogP contribution in [0.3, 0.4) is 0 Å². The van der Waals surface area contributed by atoms with Crippen LogP contribution in [0.4, 0.5) is 0 Å². The van der Waals surface area contributed by atoms with Gasteiger partial charge in [-0.25, -0.2) is 9.97 Å². The topological polar surface area (TPSA) is 86.6 Å². The molecule has 4 heterocycles. The van der Waals surface area contributed by atoms with Crippen LogP contribution in [0.1, 0.15) is 18.5 Å². The Kier molecular flexibility index (Phi) is 3.13. The molecule has 4 rings (SSSR count). The molecule has 6 nitrogen and oxygen atoms in total. The van der Waals surface area contributed by atoms with E-state index >= 15 is 0 Å². The minimum absolute atomic E-state index is 0.390. The van der Waals surface area contributed by atoms with Crippen molar-refractivity contribution in [2.75, 3.05) is 13.2 Å². The summed E-state index contributed by atoms with van der Waals surface area (Å²) >= 11 is 0. The van der Waals surface area contributed by atoms with Crippen molar-refractivity contribution >= 4 is 21.9 Å². The molecule has 2 N–H and O–H groups in total. The summed E-state index contributed by atoms with van der Waals surface area (Å²) in [6.07, 6.45) is 5.74. The van der Waals surface area contributed by atoms with Crippen molar-refractivity contribution in [3.8, 4) is 11.8 Å². The van der Waals surface area contributed by atoms with E-state index in [-0.39, 0.29) is 0 Å². The van der Waals surface area contributed by atoms with Gasteiger partial charge in [-0.2, -0.15) is 5.26 Å². The zero-order valence-electron chi connectivity index (χ0n) is 12.0. The lowest BCUT2D eigenvalue weighted by molar-refractivity contribution is 0.280. The minimum atomic E-state index is 0.390. The molecule has 110 valence electrons. The molecular weight excluding hydrogens is 278 g/mol. The first-order chi connectivity index (χ1) is 10.8. The zero-order chi connectivity index (χ0) is 14.9. The summed E-state index contributed by atoms with van der Waals surface area (Å²) < 4.78 is 6.02. The number of aromatic nitrogens is 3. The Bertz CT molecular complexity index is 873. The van der Waals surface area contributed by atoms with Gasteiger partial charge in [0.2, 0.25) is 0 Å². The molecule has 0 aromatic carbocycles. The van der Waals surface area contributed by atoms with Gasteiger partial charge in [-0.15, -0.1) is 0 Å². The standard InChI is InChI=1S/C16H15N5O/c17-7-11-6-12-13(8-20-11)21-16-15(12)14(3-5-19-16)22-9-10-2-1-4-18-10/h3,5-6,8,10,18H,1-2,4,9H2,(H,19,21)/t10-/m0/s1. The van der Waals surface area contributed by atoms with Crippen molar-refractivity contribution in [3.05, 3.63) is 30.2 Å². The lowest BCUT2D eigenvalue weighted by Crippen LogP contribution is -2.28. The summed E-state index contributed by atoms with van der Waals surface area (Å²) in [7, 11) is 0. The molecule has 6 heteroatoms. The van der Waals surface area contributed by atoms with Crippen LogP contribution in [0.25, 0.3) is 21.9 Å². The number of pyridine rings is 2. The van der Waals surface area contributed by atoms with Gasteiger partial charge in [0, 0.05) is 17.6 Å². The summed E-state index contributed by atoms with van der Waals surface area (Å²) in [5, 5.41) is 14.3. The molecule has 0 spiro atoms. The molecule has 0 amide bonds. The first-order valence-electron chi connectivity index (χ1n) is 7.38. The third-order valence-corrected chi connectivity index (χ3v) is 4.06. The van der Waals surface area contributed by atoms with Crippen molar-refractivity contribution in [3.63, 3.8) is 0 Å². The van der Waals surface area contributed by atoms with Gasteiger partial charge in [0.25, 0.3) is 0 Å². The van der Waals surface area contributed by atoms with Gasteiger partial charge < -0.3 is 15.0 Å². The fourth-order valence-corrected chi connectivity index (χ4v) is 2.96. The largest absolute Gasteiger partial charge is 0.491 e. The average molecular weight is 293 g/mol. The lowest BCUT2D eigenvalue weighted by atomic mass is 10.2. The summed E-state index contributed by atoms with van der Waals surface area (Å²) in [5.41, 5.74) is 2.00. The van der Waals surface area contributed by atoms with Crippen LogP contribution in [-0.4, -0.2) is 34.1 Å². The Morgan fingerprint density at radius 3 is 3.18 bits per heavy atom. The van der Waals surface area contributed by atoms with Gasteiger partial charge in [-0.3, -0.25) is 0 Å².